The molecule has 0 saturated carbocycles. The summed E-state index contributed by atoms with van der Waals surface area (Å²) in [6.45, 7) is 8.55. The van der Waals surface area contributed by atoms with E-state index in [1.165, 1.54) is 23.5 Å². The highest BCUT2D eigenvalue weighted by atomic mass is 35.6. The van der Waals surface area contributed by atoms with E-state index in [0.717, 1.165) is 32.0 Å². The van der Waals surface area contributed by atoms with Crippen molar-refractivity contribution in [2.24, 2.45) is 0 Å². The molecule has 1 N–H and O–H groups in total. The van der Waals surface area contributed by atoms with E-state index in [-0.39, 0.29) is 10.8 Å². The van der Waals surface area contributed by atoms with Gasteiger partial charge in [0.1, 0.15) is 0 Å². The third-order valence-corrected chi connectivity index (χ3v) is 6.69. The molecule has 6 rings (SSSR count). The summed E-state index contributed by atoms with van der Waals surface area (Å²) in [5.74, 6) is 0. The Labute approximate surface area is 225 Å². The Hall–Kier alpha value is -2.93. The van der Waals surface area contributed by atoms with Crippen molar-refractivity contribution in [3.63, 3.8) is 0 Å². The van der Waals surface area contributed by atoms with Gasteiger partial charge in [-0.2, -0.15) is 4.73 Å². The zero-order chi connectivity index (χ0) is 26.3. The van der Waals surface area contributed by atoms with E-state index < -0.39 is 4.30 Å². The second-order valence-corrected chi connectivity index (χ2v) is 11.5. The van der Waals surface area contributed by atoms with Gasteiger partial charge in [0.25, 0.3) is 5.69 Å². The van der Waals surface area contributed by atoms with Crippen molar-refractivity contribution in [3.05, 3.63) is 101 Å². The molecule has 0 bridgehead atoms. The number of alkyl halides is 3. The molecule has 0 spiro atoms. The van der Waals surface area contributed by atoms with Crippen LogP contribution in [-0.2, 0) is 10.8 Å². The van der Waals surface area contributed by atoms with E-state index in [1.54, 1.807) is 12.1 Å². The van der Waals surface area contributed by atoms with E-state index in [1.807, 2.05) is 36.7 Å². The smallest absolute Gasteiger partial charge is 0.333 e. The average Bonchev–Trinajstić information content (AvgIpc) is 3.21. The first-order valence-electron chi connectivity index (χ1n) is 11.3. The first kappa shape index (κ1) is 26.1. The van der Waals surface area contributed by atoms with Crippen LogP contribution in [0.4, 0.5) is 0 Å². The SMILES string of the molecule is CC1(C)c2ccc[n+]([O-])c2-c2c1ccc[n+]2O.CC1(C)c2cccnc2-c2ncccc21.ClC(Cl)Cl. The van der Waals surface area contributed by atoms with Gasteiger partial charge in [-0.05, 0) is 35.4 Å². The van der Waals surface area contributed by atoms with Gasteiger partial charge in [-0.3, -0.25) is 15.2 Å². The third kappa shape index (κ3) is 4.49. The number of aromatic nitrogens is 4. The lowest BCUT2D eigenvalue weighted by Gasteiger charge is -2.19. The first-order chi connectivity index (χ1) is 17.0. The van der Waals surface area contributed by atoms with Crippen LogP contribution < -0.4 is 9.46 Å². The molecule has 4 heterocycles. The molecule has 6 nitrogen and oxygen atoms in total. The van der Waals surface area contributed by atoms with Crippen LogP contribution in [0.5, 0.6) is 0 Å². The highest BCUT2D eigenvalue weighted by Crippen LogP contribution is 2.46. The van der Waals surface area contributed by atoms with Crippen LogP contribution in [0.25, 0.3) is 22.8 Å². The fourth-order valence-corrected chi connectivity index (χ4v) is 4.95. The van der Waals surface area contributed by atoms with Gasteiger partial charge in [0.2, 0.25) is 6.20 Å². The Morgan fingerprint density at radius 3 is 1.67 bits per heavy atom. The van der Waals surface area contributed by atoms with Crippen LogP contribution in [0, 0.1) is 5.21 Å². The van der Waals surface area contributed by atoms with Crippen LogP contribution in [0.2, 0.25) is 0 Å². The number of fused-ring (bicyclic) bond motifs is 6. The maximum absolute atomic E-state index is 11.9. The minimum absolute atomic E-state index is 0.0349. The molecular weight excluding hydrogens is 519 g/mol. The fraction of sp³-hybridized carbons (Fsp3) is 0.259. The topological polar surface area (TPSA) is 76.8 Å². The molecule has 0 aromatic carbocycles. The third-order valence-electron chi connectivity index (χ3n) is 6.69. The predicted octanol–water partition coefficient (Wildman–Crippen LogP) is 5.92. The standard InChI is InChI=1S/C13H13N2O2.C13H12N2.CHCl3/c1-13(2)9-5-3-7-14(16)11(9)12-10(13)6-4-8-15(12)17;1-13(2)9-5-3-7-14-11(9)12-10(13)6-4-8-15-12;2-1(3)4/h3-8,16H,1-2H3;3-8H,1-2H3;1H/q+1;;. The Bertz CT molecular complexity index is 1320. The number of rotatable bonds is 0. The largest absolute Gasteiger partial charge is 0.618 e. The molecule has 0 aliphatic heterocycles. The summed E-state index contributed by atoms with van der Waals surface area (Å²) in [5, 5.41) is 21.8. The summed E-state index contributed by atoms with van der Waals surface area (Å²) in [5.41, 5.74) is 7.44. The van der Waals surface area contributed by atoms with Crippen LogP contribution in [0.1, 0.15) is 49.9 Å². The molecule has 2 aliphatic rings. The molecule has 0 fully saturated rings. The Morgan fingerprint density at radius 2 is 1.14 bits per heavy atom. The van der Waals surface area contributed by atoms with Gasteiger partial charge in [0.15, 0.2) is 10.5 Å². The van der Waals surface area contributed by atoms with E-state index >= 15 is 0 Å². The maximum Gasteiger partial charge on any atom is 0.333 e. The van der Waals surface area contributed by atoms with Crippen molar-refractivity contribution in [3.8, 4) is 22.8 Å². The van der Waals surface area contributed by atoms with Gasteiger partial charge in [-0.1, -0.05) is 74.6 Å². The summed E-state index contributed by atoms with van der Waals surface area (Å²) in [7, 11) is 0. The van der Waals surface area contributed by atoms with Crippen LogP contribution >= 0.6 is 34.8 Å². The van der Waals surface area contributed by atoms with E-state index in [4.69, 9.17) is 34.8 Å². The molecule has 9 heteroatoms. The lowest BCUT2D eigenvalue weighted by molar-refractivity contribution is -0.898. The van der Waals surface area contributed by atoms with Crippen molar-refractivity contribution >= 4 is 34.8 Å². The van der Waals surface area contributed by atoms with Crippen LogP contribution in [0.3, 0.4) is 0 Å². The monoisotopic (exact) mass is 543 g/mol. The molecule has 4 aromatic rings. The summed E-state index contributed by atoms with van der Waals surface area (Å²) < 4.78 is 1.09. The van der Waals surface area contributed by atoms with Crippen molar-refractivity contribution in [2.75, 3.05) is 0 Å². The average molecular weight is 545 g/mol. The molecule has 0 saturated heterocycles. The van der Waals surface area contributed by atoms with Gasteiger partial charge >= 0.3 is 5.69 Å². The number of hydrogen-bond acceptors (Lipinski definition) is 4. The Balaban J connectivity index is 0.000000148. The van der Waals surface area contributed by atoms with E-state index in [2.05, 4.69) is 49.8 Å². The van der Waals surface area contributed by atoms with Gasteiger partial charge in [-0.25, -0.2) is 0 Å². The normalized spacial score (nSPS) is 14.9. The van der Waals surface area contributed by atoms with Gasteiger partial charge in [0.05, 0.1) is 11.4 Å². The van der Waals surface area contributed by atoms with Crippen molar-refractivity contribution in [1.82, 2.24) is 9.97 Å². The lowest BCUT2D eigenvalue weighted by atomic mass is 9.83. The highest BCUT2D eigenvalue weighted by Gasteiger charge is 2.47. The number of nitrogens with zero attached hydrogens (tertiary/aromatic N) is 4. The van der Waals surface area contributed by atoms with Crippen LogP contribution in [0.15, 0.2) is 73.3 Å². The number of pyridine rings is 4. The zero-order valence-corrected chi connectivity index (χ0v) is 22.6. The summed E-state index contributed by atoms with van der Waals surface area (Å²) in [6, 6.07) is 15.7. The quantitative estimate of drug-likeness (QED) is 0.129. The van der Waals surface area contributed by atoms with Gasteiger partial charge in [-0.15, -0.1) is 0 Å². The molecular formula is C27H26Cl3N4O2+. The maximum atomic E-state index is 11.9. The first-order valence-corrected chi connectivity index (χ1v) is 12.6. The molecule has 0 atom stereocenters. The molecule has 4 aromatic heterocycles. The molecule has 0 unspecified atom stereocenters. The second kappa shape index (κ2) is 9.85. The molecule has 0 radical (unpaired) electrons. The van der Waals surface area contributed by atoms with E-state index in [0.29, 0.717) is 11.4 Å². The van der Waals surface area contributed by atoms with Gasteiger partial charge in [0, 0.05) is 51.2 Å². The lowest BCUT2D eigenvalue weighted by Crippen LogP contribution is -2.38. The molecule has 2 aliphatic carbocycles. The summed E-state index contributed by atoms with van der Waals surface area (Å²) >= 11 is 14.4. The minimum atomic E-state index is -0.750. The van der Waals surface area contributed by atoms with Crippen molar-refractivity contribution in [2.45, 2.75) is 42.8 Å². The summed E-state index contributed by atoms with van der Waals surface area (Å²) in [4.78, 5) is 8.87. The molecule has 0 amide bonds. The van der Waals surface area contributed by atoms with Crippen LogP contribution in [-0.4, -0.2) is 19.5 Å². The van der Waals surface area contributed by atoms with Crippen molar-refractivity contribution < 1.29 is 14.7 Å². The Kier molecular flexibility index (Phi) is 7.15. The number of halogens is 3. The number of hydrogen-bond donors (Lipinski definition) is 1. The van der Waals surface area contributed by atoms with Gasteiger partial charge < -0.3 is 5.21 Å². The minimum Gasteiger partial charge on any atom is -0.618 e. The van der Waals surface area contributed by atoms with E-state index in [9.17, 15) is 10.4 Å². The summed E-state index contributed by atoms with van der Waals surface area (Å²) in [6.07, 6.45) is 6.66. The highest BCUT2D eigenvalue weighted by molar-refractivity contribution is 6.63. The fourth-order valence-electron chi connectivity index (χ4n) is 4.95. The second-order valence-electron chi connectivity index (χ2n) is 9.51. The molecule has 36 heavy (non-hydrogen) atoms. The molecule has 186 valence electrons. The van der Waals surface area contributed by atoms with Crippen molar-refractivity contribution in [1.29, 1.82) is 0 Å². The Morgan fingerprint density at radius 1 is 0.722 bits per heavy atom. The zero-order valence-electron chi connectivity index (χ0n) is 20.3. The predicted molar refractivity (Wildman–Crippen MR) is 141 cm³/mol.